The fourth-order valence-corrected chi connectivity index (χ4v) is 3.00. The van der Waals surface area contributed by atoms with Gasteiger partial charge in [-0.3, -0.25) is 24.6 Å². The summed E-state index contributed by atoms with van der Waals surface area (Å²) >= 11 is 0. The van der Waals surface area contributed by atoms with Gasteiger partial charge in [-0.05, 0) is 42.3 Å². The summed E-state index contributed by atoms with van der Waals surface area (Å²) in [5, 5.41) is 10.8. The van der Waals surface area contributed by atoms with Gasteiger partial charge in [0.25, 0.3) is 17.5 Å². The van der Waals surface area contributed by atoms with Gasteiger partial charge in [0.15, 0.2) is 0 Å². The topological polar surface area (TPSA) is 99.0 Å². The molecule has 8 heteroatoms. The second kappa shape index (κ2) is 9.11. The second-order valence-corrected chi connectivity index (χ2v) is 6.47. The number of non-ortho nitro benzene ring substituents is 1. The summed E-state index contributed by atoms with van der Waals surface area (Å²) in [7, 11) is 1.59. The van der Waals surface area contributed by atoms with E-state index in [-0.39, 0.29) is 17.9 Å². The molecule has 0 spiro atoms. The van der Waals surface area contributed by atoms with Crippen LogP contribution in [0.2, 0.25) is 0 Å². The van der Waals surface area contributed by atoms with Crippen molar-refractivity contribution in [3.8, 4) is 5.75 Å². The highest BCUT2D eigenvalue weighted by Gasteiger charge is 2.31. The van der Waals surface area contributed by atoms with Crippen molar-refractivity contribution >= 4 is 17.5 Å². The molecule has 1 aliphatic rings. The van der Waals surface area contributed by atoms with Gasteiger partial charge in [0.1, 0.15) is 5.75 Å². The van der Waals surface area contributed by atoms with E-state index in [9.17, 15) is 19.7 Å². The van der Waals surface area contributed by atoms with E-state index >= 15 is 0 Å². The fraction of sp³-hybridized carbons (Fsp3) is 0.238. The lowest BCUT2D eigenvalue weighted by molar-refractivity contribution is -0.384. The molecule has 0 saturated carbocycles. The van der Waals surface area contributed by atoms with E-state index in [0.29, 0.717) is 13.0 Å². The molecule has 0 N–H and O–H groups in total. The van der Waals surface area contributed by atoms with Crippen molar-refractivity contribution in [2.45, 2.75) is 19.1 Å². The van der Waals surface area contributed by atoms with Gasteiger partial charge in [0.2, 0.25) is 0 Å². The average molecular weight is 396 g/mol. The number of rotatable bonds is 7. The first kappa shape index (κ1) is 20.2. The fourth-order valence-electron chi connectivity index (χ4n) is 3.00. The molecule has 150 valence electrons. The average Bonchev–Trinajstić information content (AvgIpc) is 2.74. The number of ether oxygens (including phenoxy) is 2. The molecule has 0 aromatic heterocycles. The van der Waals surface area contributed by atoms with E-state index in [1.54, 1.807) is 13.2 Å². The van der Waals surface area contributed by atoms with E-state index in [4.69, 9.17) is 9.47 Å². The van der Waals surface area contributed by atoms with Crippen LogP contribution in [0.15, 0.2) is 60.7 Å². The van der Waals surface area contributed by atoms with Crippen LogP contribution in [0, 0.1) is 10.1 Å². The zero-order valence-electron chi connectivity index (χ0n) is 15.8. The Morgan fingerprint density at radius 3 is 2.48 bits per heavy atom. The van der Waals surface area contributed by atoms with Crippen molar-refractivity contribution < 1.29 is 24.0 Å². The third kappa shape index (κ3) is 4.85. The SMILES string of the molecule is COc1ccc(COCC2CC=CC(=O)N2C(=O)c2ccc([N+](=O)[O-])cc2)cc1. The summed E-state index contributed by atoms with van der Waals surface area (Å²) in [4.78, 5) is 36.6. The zero-order chi connectivity index (χ0) is 20.8. The summed E-state index contributed by atoms with van der Waals surface area (Å²) in [6, 6.07) is 12.1. The quantitative estimate of drug-likeness (QED) is 0.405. The molecule has 2 aromatic carbocycles. The molecule has 0 aliphatic carbocycles. The Labute approximate surface area is 167 Å². The van der Waals surface area contributed by atoms with Crippen LogP contribution in [0.4, 0.5) is 5.69 Å². The molecule has 8 nitrogen and oxygen atoms in total. The molecule has 0 fully saturated rings. The van der Waals surface area contributed by atoms with Crippen molar-refractivity contribution in [2.75, 3.05) is 13.7 Å². The molecule has 1 aliphatic heterocycles. The van der Waals surface area contributed by atoms with Crippen LogP contribution in [0.25, 0.3) is 0 Å². The first-order valence-corrected chi connectivity index (χ1v) is 8.99. The highest BCUT2D eigenvalue weighted by atomic mass is 16.6. The van der Waals surface area contributed by atoms with Crippen LogP contribution in [-0.2, 0) is 16.1 Å². The largest absolute Gasteiger partial charge is 0.497 e. The maximum atomic E-state index is 12.8. The Hall–Kier alpha value is -3.52. The highest BCUT2D eigenvalue weighted by Crippen LogP contribution is 2.20. The second-order valence-electron chi connectivity index (χ2n) is 6.47. The standard InChI is InChI=1S/C21H20N2O6/c1-28-19-11-5-15(6-12-19)13-29-14-18-3-2-4-20(24)22(18)21(25)16-7-9-17(10-8-16)23(26)27/h2,4-12,18H,3,13-14H2,1H3. The predicted molar refractivity (Wildman–Crippen MR) is 104 cm³/mol. The molecule has 1 atom stereocenters. The Balaban J connectivity index is 1.66. The van der Waals surface area contributed by atoms with Gasteiger partial charge in [0, 0.05) is 17.7 Å². The summed E-state index contributed by atoms with van der Waals surface area (Å²) in [5.74, 6) is -0.193. The number of hydrogen-bond donors (Lipinski definition) is 0. The van der Waals surface area contributed by atoms with Crippen molar-refractivity contribution in [3.63, 3.8) is 0 Å². The first-order valence-electron chi connectivity index (χ1n) is 8.99. The van der Waals surface area contributed by atoms with Gasteiger partial charge in [-0.2, -0.15) is 0 Å². The Bertz CT molecular complexity index is 921. The van der Waals surface area contributed by atoms with Crippen molar-refractivity contribution in [1.82, 2.24) is 4.90 Å². The van der Waals surface area contributed by atoms with Crippen LogP contribution in [0.1, 0.15) is 22.3 Å². The minimum atomic E-state index is -0.543. The molecule has 1 heterocycles. The lowest BCUT2D eigenvalue weighted by Gasteiger charge is -2.31. The number of nitro groups is 1. The summed E-state index contributed by atoms with van der Waals surface area (Å²) < 4.78 is 10.9. The third-order valence-corrected chi connectivity index (χ3v) is 4.55. The molecular weight excluding hydrogens is 376 g/mol. The van der Waals surface area contributed by atoms with Crippen LogP contribution in [0.3, 0.4) is 0 Å². The first-order chi connectivity index (χ1) is 14.0. The molecule has 1 unspecified atom stereocenters. The van der Waals surface area contributed by atoms with E-state index in [2.05, 4.69) is 0 Å². The lowest BCUT2D eigenvalue weighted by atomic mass is 10.1. The number of hydrogen-bond acceptors (Lipinski definition) is 6. The summed E-state index contributed by atoms with van der Waals surface area (Å²) in [5.41, 5.74) is 1.03. The molecule has 3 rings (SSSR count). The van der Waals surface area contributed by atoms with Crippen molar-refractivity contribution in [3.05, 3.63) is 81.9 Å². The zero-order valence-corrected chi connectivity index (χ0v) is 15.8. The maximum Gasteiger partial charge on any atom is 0.269 e. The molecule has 0 saturated heterocycles. The number of methoxy groups -OCH3 is 1. The van der Waals surface area contributed by atoms with Gasteiger partial charge >= 0.3 is 0 Å². The van der Waals surface area contributed by atoms with Crippen LogP contribution >= 0.6 is 0 Å². The van der Waals surface area contributed by atoms with Gasteiger partial charge in [-0.15, -0.1) is 0 Å². The van der Waals surface area contributed by atoms with Gasteiger partial charge in [-0.1, -0.05) is 18.2 Å². The monoisotopic (exact) mass is 396 g/mol. The molecule has 2 aromatic rings. The summed E-state index contributed by atoms with van der Waals surface area (Å²) in [6.07, 6.45) is 3.54. The molecule has 2 amide bonds. The van der Waals surface area contributed by atoms with Gasteiger partial charge in [0.05, 0.1) is 31.3 Å². The number of nitro benzene ring substituents is 1. The predicted octanol–water partition coefficient (Wildman–Crippen LogP) is 3.12. The van der Waals surface area contributed by atoms with E-state index < -0.39 is 22.8 Å². The number of carbonyl (C=O) groups excluding carboxylic acids is 2. The number of amides is 2. The molecule has 29 heavy (non-hydrogen) atoms. The minimum Gasteiger partial charge on any atom is -0.497 e. The lowest BCUT2D eigenvalue weighted by Crippen LogP contribution is -2.47. The third-order valence-electron chi connectivity index (χ3n) is 4.55. The Morgan fingerprint density at radius 2 is 1.86 bits per heavy atom. The van der Waals surface area contributed by atoms with Gasteiger partial charge in [-0.25, -0.2) is 0 Å². The van der Waals surface area contributed by atoms with E-state index in [1.165, 1.54) is 30.3 Å². The molecule has 0 radical (unpaired) electrons. The Morgan fingerprint density at radius 1 is 1.17 bits per heavy atom. The minimum absolute atomic E-state index is 0.120. The van der Waals surface area contributed by atoms with Crippen LogP contribution < -0.4 is 4.74 Å². The highest BCUT2D eigenvalue weighted by molar-refractivity contribution is 6.08. The molecular formula is C21H20N2O6. The van der Waals surface area contributed by atoms with Crippen LogP contribution in [0.5, 0.6) is 5.75 Å². The van der Waals surface area contributed by atoms with E-state index in [1.807, 2.05) is 24.3 Å². The van der Waals surface area contributed by atoms with Crippen LogP contribution in [-0.4, -0.2) is 41.4 Å². The van der Waals surface area contributed by atoms with Crippen molar-refractivity contribution in [1.29, 1.82) is 0 Å². The van der Waals surface area contributed by atoms with Crippen molar-refractivity contribution in [2.24, 2.45) is 0 Å². The van der Waals surface area contributed by atoms with E-state index in [0.717, 1.165) is 16.2 Å². The Kier molecular flexibility index (Phi) is 6.36. The number of nitrogens with zero attached hydrogens (tertiary/aromatic N) is 2. The summed E-state index contributed by atoms with van der Waals surface area (Å²) in [6.45, 7) is 0.513. The number of carbonyl (C=O) groups is 2. The van der Waals surface area contributed by atoms with Gasteiger partial charge < -0.3 is 9.47 Å². The maximum absolute atomic E-state index is 12.8. The number of benzene rings is 2. The molecule has 0 bridgehead atoms. The normalized spacial score (nSPS) is 16.0. The number of imide groups is 1. The smallest absolute Gasteiger partial charge is 0.269 e.